The van der Waals surface area contributed by atoms with Crippen LogP contribution in [0, 0.1) is 0 Å². The van der Waals surface area contributed by atoms with Crippen LogP contribution in [0.5, 0.6) is 0 Å². The van der Waals surface area contributed by atoms with Crippen LogP contribution in [0.3, 0.4) is 0 Å². The fraction of sp³-hybridized carbons (Fsp3) is 0.762. The molecule has 1 heteroatoms. The second kappa shape index (κ2) is 13.8. The third-order valence-corrected chi connectivity index (χ3v) is 4.67. The largest absolute Gasteiger partial charge is 0.202 e. The van der Waals surface area contributed by atoms with E-state index in [4.69, 9.17) is 0 Å². The highest BCUT2D eigenvalue weighted by molar-refractivity contribution is 4.84. The molecule has 126 valence electrons. The van der Waals surface area contributed by atoms with E-state index in [9.17, 15) is 0 Å². The average molecular weight is 305 g/mol. The molecular weight excluding hydrogens is 266 g/mol. The SMILES string of the molecule is CCCCCCCCCCCCC(CCC)[n+]1ccccc1. The number of unbranched alkanes of at least 4 members (excludes halogenated alkanes) is 9. The van der Waals surface area contributed by atoms with Crippen molar-refractivity contribution in [3.05, 3.63) is 30.6 Å². The van der Waals surface area contributed by atoms with E-state index in [0.717, 1.165) is 0 Å². The molecule has 0 fully saturated rings. The van der Waals surface area contributed by atoms with Crippen molar-refractivity contribution in [2.75, 3.05) is 0 Å². The fourth-order valence-corrected chi connectivity index (χ4v) is 3.30. The topological polar surface area (TPSA) is 3.88 Å². The second-order valence-electron chi connectivity index (χ2n) is 6.74. The van der Waals surface area contributed by atoms with E-state index in [2.05, 4.69) is 49.0 Å². The highest BCUT2D eigenvalue weighted by Gasteiger charge is 2.15. The van der Waals surface area contributed by atoms with Gasteiger partial charge in [-0.15, -0.1) is 0 Å². The van der Waals surface area contributed by atoms with Crippen LogP contribution in [0.25, 0.3) is 0 Å². The lowest BCUT2D eigenvalue weighted by Gasteiger charge is -2.11. The number of hydrogen-bond donors (Lipinski definition) is 0. The Hall–Kier alpha value is -0.850. The molecule has 0 amide bonds. The van der Waals surface area contributed by atoms with Crippen molar-refractivity contribution in [2.24, 2.45) is 0 Å². The first kappa shape index (κ1) is 19.2. The zero-order valence-electron chi connectivity index (χ0n) is 15.1. The molecule has 0 aromatic carbocycles. The molecule has 0 aliphatic carbocycles. The molecule has 1 aromatic heterocycles. The Morgan fingerprint density at radius 2 is 1.14 bits per heavy atom. The Kier molecular flexibility index (Phi) is 12.0. The highest BCUT2D eigenvalue weighted by Crippen LogP contribution is 2.17. The van der Waals surface area contributed by atoms with Gasteiger partial charge >= 0.3 is 0 Å². The summed E-state index contributed by atoms with van der Waals surface area (Å²) in [7, 11) is 0. The van der Waals surface area contributed by atoms with E-state index >= 15 is 0 Å². The summed E-state index contributed by atoms with van der Waals surface area (Å²) in [4.78, 5) is 0. The third kappa shape index (κ3) is 9.23. The van der Waals surface area contributed by atoms with Gasteiger partial charge in [0.15, 0.2) is 18.4 Å². The summed E-state index contributed by atoms with van der Waals surface area (Å²) in [6, 6.07) is 7.13. The van der Waals surface area contributed by atoms with Crippen molar-refractivity contribution in [1.29, 1.82) is 0 Å². The Bertz CT molecular complexity index is 333. The fourth-order valence-electron chi connectivity index (χ4n) is 3.30. The van der Waals surface area contributed by atoms with Crippen LogP contribution >= 0.6 is 0 Å². The number of aromatic nitrogens is 1. The lowest BCUT2D eigenvalue weighted by molar-refractivity contribution is -0.724. The molecule has 0 saturated carbocycles. The van der Waals surface area contributed by atoms with Crippen molar-refractivity contribution in [3.8, 4) is 0 Å². The Labute approximate surface area is 139 Å². The van der Waals surface area contributed by atoms with Crippen molar-refractivity contribution in [1.82, 2.24) is 0 Å². The number of pyridine rings is 1. The predicted molar refractivity (Wildman–Crippen MR) is 97.0 cm³/mol. The Morgan fingerprint density at radius 1 is 0.591 bits per heavy atom. The van der Waals surface area contributed by atoms with Gasteiger partial charge in [0.2, 0.25) is 0 Å². The second-order valence-corrected chi connectivity index (χ2v) is 6.74. The van der Waals surface area contributed by atoms with Gasteiger partial charge in [0.1, 0.15) is 0 Å². The van der Waals surface area contributed by atoms with Gasteiger partial charge < -0.3 is 0 Å². The van der Waals surface area contributed by atoms with Gasteiger partial charge in [-0.3, -0.25) is 0 Å². The van der Waals surface area contributed by atoms with Gasteiger partial charge in [-0.25, -0.2) is 4.57 Å². The van der Waals surface area contributed by atoms with Gasteiger partial charge in [-0.05, 0) is 12.8 Å². The van der Waals surface area contributed by atoms with Crippen LogP contribution in [-0.4, -0.2) is 0 Å². The minimum atomic E-state index is 0.709. The van der Waals surface area contributed by atoms with Gasteiger partial charge in [-0.1, -0.05) is 77.7 Å². The first-order valence-electron chi connectivity index (χ1n) is 9.84. The first-order chi connectivity index (χ1) is 10.9. The van der Waals surface area contributed by atoms with Gasteiger partial charge in [0.05, 0.1) is 0 Å². The maximum Gasteiger partial charge on any atom is 0.169 e. The number of rotatable bonds is 14. The molecule has 1 atom stereocenters. The van der Waals surface area contributed by atoms with Crippen molar-refractivity contribution < 1.29 is 4.57 Å². The lowest BCUT2D eigenvalue weighted by Crippen LogP contribution is -2.38. The Morgan fingerprint density at radius 3 is 1.68 bits per heavy atom. The third-order valence-electron chi connectivity index (χ3n) is 4.67. The molecule has 0 N–H and O–H groups in total. The van der Waals surface area contributed by atoms with Crippen LogP contribution in [0.1, 0.15) is 103 Å². The summed E-state index contributed by atoms with van der Waals surface area (Å²) in [6.45, 7) is 4.59. The van der Waals surface area contributed by atoms with Crippen molar-refractivity contribution >= 4 is 0 Å². The predicted octanol–water partition coefficient (Wildman–Crippen LogP) is 6.63. The first-order valence-corrected chi connectivity index (χ1v) is 9.84. The molecule has 1 heterocycles. The van der Waals surface area contributed by atoms with Crippen LogP contribution in [0.2, 0.25) is 0 Å². The molecule has 0 aliphatic rings. The zero-order chi connectivity index (χ0) is 15.9. The smallest absolute Gasteiger partial charge is 0.169 e. The molecule has 1 aromatic rings. The van der Waals surface area contributed by atoms with Crippen molar-refractivity contribution in [2.45, 2.75) is 103 Å². The molecule has 0 saturated heterocycles. The quantitative estimate of drug-likeness (QED) is 0.268. The van der Waals surface area contributed by atoms with E-state index in [1.807, 2.05) is 0 Å². The van der Waals surface area contributed by atoms with E-state index < -0.39 is 0 Å². The molecule has 0 spiro atoms. The van der Waals surface area contributed by atoms with Crippen LogP contribution in [-0.2, 0) is 0 Å². The molecule has 1 rings (SSSR count). The minimum Gasteiger partial charge on any atom is -0.202 e. The van der Waals surface area contributed by atoms with Crippen LogP contribution in [0.15, 0.2) is 30.6 Å². The van der Waals surface area contributed by atoms with Gasteiger partial charge in [0, 0.05) is 25.0 Å². The maximum absolute atomic E-state index is 2.41. The molecule has 1 nitrogen and oxygen atoms in total. The summed E-state index contributed by atoms with van der Waals surface area (Å²) in [6.07, 6.45) is 22.7. The summed E-state index contributed by atoms with van der Waals surface area (Å²) < 4.78 is 2.41. The summed E-state index contributed by atoms with van der Waals surface area (Å²) >= 11 is 0. The summed E-state index contributed by atoms with van der Waals surface area (Å²) in [5, 5.41) is 0. The summed E-state index contributed by atoms with van der Waals surface area (Å²) in [5.74, 6) is 0. The highest BCUT2D eigenvalue weighted by atomic mass is 15.0. The monoisotopic (exact) mass is 304 g/mol. The lowest BCUT2D eigenvalue weighted by atomic mass is 10.0. The van der Waals surface area contributed by atoms with Crippen molar-refractivity contribution in [3.63, 3.8) is 0 Å². The van der Waals surface area contributed by atoms with E-state index in [1.54, 1.807) is 0 Å². The molecule has 0 aliphatic heterocycles. The van der Waals surface area contributed by atoms with E-state index in [-0.39, 0.29) is 0 Å². The zero-order valence-corrected chi connectivity index (χ0v) is 15.1. The molecule has 0 bridgehead atoms. The molecule has 1 unspecified atom stereocenters. The van der Waals surface area contributed by atoms with Crippen LogP contribution in [0.4, 0.5) is 0 Å². The van der Waals surface area contributed by atoms with Gasteiger partial charge in [0.25, 0.3) is 0 Å². The van der Waals surface area contributed by atoms with E-state index in [0.29, 0.717) is 6.04 Å². The maximum atomic E-state index is 2.41. The molecular formula is C21H38N+. The van der Waals surface area contributed by atoms with E-state index in [1.165, 1.54) is 83.5 Å². The normalized spacial score (nSPS) is 12.5. The molecule has 0 radical (unpaired) electrons. The minimum absolute atomic E-state index is 0.709. The van der Waals surface area contributed by atoms with Gasteiger partial charge in [-0.2, -0.15) is 0 Å². The summed E-state index contributed by atoms with van der Waals surface area (Å²) in [5.41, 5.74) is 0. The average Bonchev–Trinajstić information content (AvgIpc) is 2.56. The Balaban J connectivity index is 2.04. The standard InChI is InChI=1S/C21H38N/c1-3-5-6-7-8-9-10-11-12-14-18-21(17-4-2)22-19-15-13-16-20-22/h13,15-16,19-21H,3-12,14,17-18H2,1-2H3/q+1. The number of nitrogens with zero attached hydrogens (tertiary/aromatic N) is 1. The molecule has 22 heavy (non-hydrogen) atoms. The number of hydrogen-bond acceptors (Lipinski definition) is 0. The van der Waals surface area contributed by atoms with Crippen LogP contribution < -0.4 is 4.57 Å².